The van der Waals surface area contributed by atoms with E-state index in [1.165, 1.54) is 6.08 Å². The third-order valence-corrected chi connectivity index (χ3v) is 2.48. The van der Waals surface area contributed by atoms with Crippen molar-refractivity contribution in [1.29, 1.82) is 0 Å². The quantitative estimate of drug-likeness (QED) is 0.383. The first-order chi connectivity index (χ1) is 5.99. The highest BCUT2D eigenvalue weighted by molar-refractivity contribution is 6.29. The number of alkyl halides is 2. The van der Waals surface area contributed by atoms with Crippen LogP contribution in [0.2, 0.25) is 0 Å². The summed E-state index contributed by atoms with van der Waals surface area (Å²) in [6.07, 6.45) is 1.67. The van der Waals surface area contributed by atoms with Crippen LogP contribution in [0.3, 0.4) is 0 Å². The minimum atomic E-state index is -0.502. The summed E-state index contributed by atoms with van der Waals surface area (Å²) >= 11 is 11.5. The normalized spacial score (nSPS) is 16.5. The van der Waals surface area contributed by atoms with Gasteiger partial charge in [0.1, 0.15) is 5.83 Å². The van der Waals surface area contributed by atoms with Gasteiger partial charge in [-0.05, 0) is 26.1 Å². The number of nitrogens with zero attached hydrogens (tertiary/aromatic N) is 1. The number of allylic oxidation sites excluding steroid dienone is 2. The molecule has 0 spiro atoms. The van der Waals surface area contributed by atoms with Crippen LogP contribution in [0.15, 0.2) is 29.2 Å². The Kier molecular flexibility index (Phi) is 6.00. The molecular formula is C9H12Cl2FN. The van der Waals surface area contributed by atoms with Gasteiger partial charge in [-0.25, -0.2) is 4.39 Å². The Morgan fingerprint density at radius 3 is 2.54 bits per heavy atom. The van der Waals surface area contributed by atoms with Gasteiger partial charge in [-0.15, -0.1) is 23.2 Å². The Morgan fingerprint density at radius 2 is 2.15 bits per heavy atom. The average molecular weight is 224 g/mol. The van der Waals surface area contributed by atoms with Crippen LogP contribution in [0.5, 0.6) is 0 Å². The second kappa shape index (κ2) is 6.17. The summed E-state index contributed by atoms with van der Waals surface area (Å²) in [5, 5.41) is -0.485. The van der Waals surface area contributed by atoms with Crippen LogP contribution in [0.4, 0.5) is 4.39 Å². The third-order valence-electron chi connectivity index (χ3n) is 1.49. The highest BCUT2D eigenvalue weighted by atomic mass is 35.5. The zero-order valence-corrected chi connectivity index (χ0v) is 8.95. The first kappa shape index (κ1) is 12.7. The van der Waals surface area contributed by atoms with E-state index in [0.29, 0.717) is 6.42 Å². The maximum atomic E-state index is 12.9. The molecule has 1 unspecified atom stereocenters. The van der Waals surface area contributed by atoms with E-state index in [0.717, 1.165) is 0 Å². The van der Waals surface area contributed by atoms with Gasteiger partial charge >= 0.3 is 0 Å². The molecule has 0 saturated carbocycles. The van der Waals surface area contributed by atoms with Gasteiger partial charge in [-0.3, -0.25) is 4.99 Å². The monoisotopic (exact) mass is 223 g/mol. The summed E-state index contributed by atoms with van der Waals surface area (Å²) in [5.41, 5.74) is 0.0195. The van der Waals surface area contributed by atoms with Gasteiger partial charge in [0.15, 0.2) is 0 Å². The third kappa shape index (κ3) is 5.06. The van der Waals surface area contributed by atoms with Gasteiger partial charge in [-0.1, -0.05) is 6.58 Å². The van der Waals surface area contributed by atoms with E-state index in [9.17, 15) is 4.39 Å². The molecule has 0 aliphatic heterocycles. The van der Waals surface area contributed by atoms with E-state index in [4.69, 9.17) is 23.2 Å². The predicted molar refractivity (Wildman–Crippen MR) is 57.5 cm³/mol. The second-order valence-corrected chi connectivity index (χ2v) is 3.84. The summed E-state index contributed by atoms with van der Waals surface area (Å²) in [6.45, 7) is 8.26. The molecule has 4 heteroatoms. The highest BCUT2D eigenvalue weighted by Crippen LogP contribution is 2.17. The highest BCUT2D eigenvalue weighted by Gasteiger charge is 2.10. The fraction of sp³-hybridized carbons (Fsp3) is 0.444. The van der Waals surface area contributed by atoms with Gasteiger partial charge < -0.3 is 0 Å². The Bertz CT molecular complexity index is 224. The smallest absolute Gasteiger partial charge is 0.144 e. The molecule has 0 N–H and O–H groups in total. The molecule has 0 rings (SSSR count). The van der Waals surface area contributed by atoms with Crippen molar-refractivity contribution in [1.82, 2.24) is 0 Å². The Hall–Kier alpha value is -0.340. The van der Waals surface area contributed by atoms with Crippen molar-refractivity contribution in [2.45, 2.75) is 24.1 Å². The Balaban J connectivity index is 4.11. The van der Waals surface area contributed by atoms with Gasteiger partial charge in [0, 0.05) is 5.38 Å². The van der Waals surface area contributed by atoms with E-state index >= 15 is 0 Å². The van der Waals surface area contributed by atoms with Crippen LogP contribution in [-0.2, 0) is 0 Å². The van der Waals surface area contributed by atoms with Crippen LogP contribution in [0.1, 0.15) is 13.3 Å². The molecule has 2 atom stereocenters. The summed E-state index contributed by atoms with van der Waals surface area (Å²) < 4.78 is 12.9. The van der Waals surface area contributed by atoms with Crippen LogP contribution in [0, 0.1) is 0 Å². The van der Waals surface area contributed by atoms with E-state index in [-0.39, 0.29) is 16.5 Å². The van der Waals surface area contributed by atoms with Crippen LogP contribution in [0.25, 0.3) is 0 Å². The molecule has 0 aromatic carbocycles. The molecule has 0 aromatic rings. The Labute approximate surface area is 87.9 Å². The van der Waals surface area contributed by atoms with Crippen molar-refractivity contribution >= 4 is 29.9 Å². The van der Waals surface area contributed by atoms with Crippen molar-refractivity contribution in [2.75, 3.05) is 0 Å². The zero-order valence-electron chi connectivity index (χ0n) is 7.43. The molecule has 74 valence electrons. The Morgan fingerprint density at radius 1 is 1.62 bits per heavy atom. The predicted octanol–water partition coefficient (Wildman–Crippen LogP) is 3.68. The first-order valence-electron chi connectivity index (χ1n) is 3.78. The minimum Gasteiger partial charge on any atom is -0.262 e. The summed E-state index contributed by atoms with van der Waals surface area (Å²) in [7, 11) is 0. The van der Waals surface area contributed by atoms with Crippen LogP contribution < -0.4 is 0 Å². The van der Waals surface area contributed by atoms with Crippen molar-refractivity contribution in [3.63, 3.8) is 0 Å². The number of rotatable bonds is 5. The molecule has 0 aliphatic rings. The van der Waals surface area contributed by atoms with Gasteiger partial charge in [0.2, 0.25) is 0 Å². The second-order valence-electron chi connectivity index (χ2n) is 2.59. The van der Waals surface area contributed by atoms with Crippen LogP contribution >= 0.6 is 23.2 Å². The molecule has 0 fully saturated rings. The molecule has 0 bridgehead atoms. The number of halogens is 3. The average Bonchev–Trinajstić information content (AvgIpc) is 2.11. The fourth-order valence-corrected chi connectivity index (χ4v) is 0.789. The van der Waals surface area contributed by atoms with E-state index in [2.05, 4.69) is 18.3 Å². The molecule has 0 amide bonds. The number of hydrogen-bond acceptors (Lipinski definition) is 1. The molecular weight excluding hydrogens is 212 g/mol. The molecule has 0 aromatic heterocycles. The van der Waals surface area contributed by atoms with Crippen molar-refractivity contribution in [2.24, 2.45) is 4.99 Å². The lowest BCUT2D eigenvalue weighted by atomic mass is 10.2. The summed E-state index contributed by atoms with van der Waals surface area (Å²) in [5.74, 6) is -0.502. The fourth-order valence-electron chi connectivity index (χ4n) is 0.597. The molecule has 0 aliphatic carbocycles. The first-order valence-corrected chi connectivity index (χ1v) is 4.66. The van der Waals surface area contributed by atoms with Gasteiger partial charge in [0.05, 0.1) is 11.1 Å². The van der Waals surface area contributed by atoms with Crippen molar-refractivity contribution in [3.05, 3.63) is 24.2 Å². The molecule has 0 radical (unpaired) electrons. The lowest BCUT2D eigenvalue weighted by molar-refractivity contribution is 0.640. The lowest BCUT2D eigenvalue weighted by Crippen LogP contribution is -2.09. The number of hydrogen-bond donors (Lipinski definition) is 0. The maximum Gasteiger partial charge on any atom is 0.144 e. The maximum absolute atomic E-state index is 12.9. The summed E-state index contributed by atoms with van der Waals surface area (Å²) in [4.78, 5) is 3.35. The summed E-state index contributed by atoms with van der Waals surface area (Å²) in [6, 6.07) is 0. The van der Waals surface area contributed by atoms with Gasteiger partial charge in [-0.2, -0.15) is 0 Å². The largest absolute Gasteiger partial charge is 0.262 e. The molecule has 0 heterocycles. The van der Waals surface area contributed by atoms with Gasteiger partial charge in [0.25, 0.3) is 0 Å². The van der Waals surface area contributed by atoms with E-state index in [1.807, 2.05) is 0 Å². The molecule has 1 nitrogen and oxygen atoms in total. The van der Waals surface area contributed by atoms with E-state index < -0.39 is 5.83 Å². The zero-order chi connectivity index (χ0) is 10.4. The minimum absolute atomic E-state index is 0.0195. The van der Waals surface area contributed by atoms with Crippen molar-refractivity contribution < 1.29 is 4.39 Å². The topological polar surface area (TPSA) is 12.4 Å². The molecule has 0 saturated heterocycles. The lowest BCUT2D eigenvalue weighted by Gasteiger charge is -2.07. The SMILES string of the molecule is C=NC(=C)/C(F)=C\C[C@@H](Cl)C(C)Cl. The number of aliphatic imine (C=N–C) groups is 1. The standard InChI is InChI=1S/C9H12Cl2FN/c1-6(10)8(11)4-5-9(12)7(2)13-3/h5-6,8H,2-4H2,1H3/b9-5+/t6?,8-/m1/s1. The van der Waals surface area contributed by atoms with Crippen LogP contribution in [-0.4, -0.2) is 17.5 Å². The van der Waals surface area contributed by atoms with E-state index in [1.54, 1.807) is 6.92 Å². The van der Waals surface area contributed by atoms with Crippen molar-refractivity contribution in [3.8, 4) is 0 Å². The molecule has 13 heavy (non-hydrogen) atoms.